The lowest BCUT2D eigenvalue weighted by Crippen LogP contribution is -2.58. The summed E-state index contributed by atoms with van der Waals surface area (Å²) in [5, 5.41) is 24.0. The molecule has 1 aliphatic rings. The Morgan fingerprint density at radius 3 is 2.10 bits per heavy atom. The Bertz CT molecular complexity index is 1550. The Balaban J connectivity index is 2.34. The minimum absolute atomic E-state index is 0.00829. The highest BCUT2D eigenvalue weighted by Gasteiger charge is 2.47. The Hall–Kier alpha value is -4.74. The fourth-order valence-corrected chi connectivity index (χ4v) is 6.76. The average Bonchev–Trinajstić information content (AvgIpc) is 3.47. The van der Waals surface area contributed by atoms with Crippen molar-refractivity contribution in [2.75, 3.05) is 13.1 Å². The number of hydrogen-bond acceptors (Lipinski definition) is 11. The normalized spacial score (nSPS) is 16.0. The van der Waals surface area contributed by atoms with E-state index in [1.807, 2.05) is 0 Å². The van der Waals surface area contributed by atoms with Crippen molar-refractivity contribution in [3.8, 4) is 0 Å². The topological polar surface area (TPSA) is 243 Å². The van der Waals surface area contributed by atoms with Gasteiger partial charge in [0, 0.05) is 13.1 Å². The molecule has 1 aliphatic heterocycles. The molecular formula is C33H48N4O13S. The molecule has 0 spiro atoms. The van der Waals surface area contributed by atoms with E-state index in [0.29, 0.717) is 6.42 Å². The third-order valence-corrected chi connectivity index (χ3v) is 8.97. The number of amides is 4. The average molecular weight is 741 g/mol. The third-order valence-electron chi connectivity index (χ3n) is 7.27. The number of sulfonamides is 1. The second-order valence-electron chi connectivity index (χ2n) is 14.0. The summed E-state index contributed by atoms with van der Waals surface area (Å²) >= 11 is 0. The van der Waals surface area contributed by atoms with E-state index in [1.165, 1.54) is 32.9 Å². The molecule has 0 aromatic heterocycles. The fraction of sp³-hybridized carbons (Fsp3) is 0.606. The predicted octanol–water partition coefficient (Wildman–Crippen LogP) is 2.42. The van der Waals surface area contributed by atoms with Gasteiger partial charge < -0.3 is 35.2 Å². The number of carbonyl (C=O) groups excluding carboxylic acids is 5. The molecule has 0 saturated carbocycles. The molecule has 18 heteroatoms. The molecule has 0 bridgehead atoms. The van der Waals surface area contributed by atoms with Crippen LogP contribution in [0.2, 0.25) is 0 Å². The van der Waals surface area contributed by atoms with Gasteiger partial charge in [-0.1, -0.05) is 30.3 Å². The first-order valence-corrected chi connectivity index (χ1v) is 18.0. The van der Waals surface area contributed by atoms with Crippen molar-refractivity contribution in [3.05, 3.63) is 35.9 Å². The quantitative estimate of drug-likeness (QED) is 0.141. The van der Waals surface area contributed by atoms with E-state index >= 15 is 0 Å². The van der Waals surface area contributed by atoms with E-state index in [9.17, 15) is 52.2 Å². The van der Waals surface area contributed by atoms with Crippen molar-refractivity contribution in [3.63, 3.8) is 0 Å². The number of carboxylic acid groups (broad SMARTS) is 2. The number of carboxylic acids is 2. The second-order valence-corrected chi connectivity index (χ2v) is 15.8. The van der Waals surface area contributed by atoms with Crippen molar-refractivity contribution >= 4 is 51.7 Å². The summed E-state index contributed by atoms with van der Waals surface area (Å²) in [5.41, 5.74) is -1.73. The Labute approximate surface area is 297 Å². The molecular weight excluding hydrogens is 692 g/mol. The summed E-state index contributed by atoms with van der Waals surface area (Å²) in [4.78, 5) is 90.0. The second kappa shape index (κ2) is 18.0. The number of hydrogen-bond donors (Lipinski definition) is 4. The number of nitrogens with one attached hydrogen (secondary N) is 2. The molecule has 3 atom stereocenters. The molecule has 0 radical (unpaired) electrons. The van der Waals surface area contributed by atoms with Crippen LogP contribution in [0.5, 0.6) is 0 Å². The first-order chi connectivity index (χ1) is 23.5. The highest BCUT2D eigenvalue weighted by molar-refractivity contribution is 7.88. The number of ether oxygens (including phenoxy) is 2. The van der Waals surface area contributed by atoms with Gasteiger partial charge in [-0.15, -0.1) is 0 Å². The lowest BCUT2D eigenvalue weighted by atomic mass is 10.0. The van der Waals surface area contributed by atoms with E-state index in [1.54, 1.807) is 39.0 Å². The SMILES string of the molecule is CC(C)(C)OC(=O)NCCCC[C@H](NC(=O)[C@@H]1CCCN1C(=O)[C@H](CC(=O)O)N(C(=O)OC(C)(C)C)S(=O)(=O)Cc1ccccc1)C(=O)C(=O)O. The first kappa shape index (κ1) is 42.4. The fourth-order valence-electron chi connectivity index (χ4n) is 5.19. The number of benzene rings is 1. The summed E-state index contributed by atoms with van der Waals surface area (Å²) in [6.07, 6.45) is -2.76. The zero-order valence-corrected chi connectivity index (χ0v) is 30.5. The molecule has 284 valence electrons. The molecule has 2 rings (SSSR count). The molecule has 17 nitrogen and oxygen atoms in total. The Morgan fingerprint density at radius 1 is 0.941 bits per heavy atom. The van der Waals surface area contributed by atoms with E-state index < -0.39 is 93.2 Å². The van der Waals surface area contributed by atoms with Crippen molar-refractivity contribution in [2.24, 2.45) is 0 Å². The number of nitrogens with zero attached hydrogens (tertiary/aromatic N) is 2. The maximum Gasteiger partial charge on any atom is 0.424 e. The first-order valence-electron chi connectivity index (χ1n) is 16.4. The van der Waals surface area contributed by atoms with Crippen LogP contribution < -0.4 is 10.6 Å². The summed E-state index contributed by atoms with van der Waals surface area (Å²) in [5.74, 6) is -7.66. The largest absolute Gasteiger partial charge is 0.481 e. The monoisotopic (exact) mass is 740 g/mol. The molecule has 1 saturated heterocycles. The van der Waals surface area contributed by atoms with E-state index in [-0.39, 0.29) is 48.6 Å². The summed E-state index contributed by atoms with van der Waals surface area (Å²) in [6.45, 7) is 9.42. The summed E-state index contributed by atoms with van der Waals surface area (Å²) in [7, 11) is -4.77. The van der Waals surface area contributed by atoms with Crippen molar-refractivity contribution in [1.29, 1.82) is 0 Å². The van der Waals surface area contributed by atoms with Gasteiger partial charge in [0.15, 0.2) is 0 Å². The molecule has 1 aromatic rings. The van der Waals surface area contributed by atoms with Gasteiger partial charge in [0.05, 0.1) is 18.2 Å². The van der Waals surface area contributed by atoms with E-state index in [4.69, 9.17) is 9.47 Å². The van der Waals surface area contributed by atoms with Gasteiger partial charge in [-0.2, -0.15) is 4.31 Å². The number of aliphatic carboxylic acids is 2. The summed E-state index contributed by atoms with van der Waals surface area (Å²) < 4.78 is 38.1. The molecule has 4 amide bonds. The number of Topliss-reactive ketones (excluding diaryl/α,β-unsaturated/α-hetero) is 1. The summed E-state index contributed by atoms with van der Waals surface area (Å²) in [6, 6.07) is 2.64. The standard InChI is InChI=1S/C33H48N4O13S/c1-32(2,3)49-30(45)34-17-11-10-15-22(26(40)29(43)44)35-27(41)23-16-12-18-36(23)28(42)24(19-25(38)39)37(31(46)50-33(4,5)6)51(47,48)20-21-13-8-7-9-14-21/h7-9,13-14,22-24H,10-12,15-20H2,1-6H3,(H,34,45)(H,35,41)(H,38,39)(H,43,44)/t22-,23-,24-/m0/s1. The predicted molar refractivity (Wildman–Crippen MR) is 181 cm³/mol. The molecule has 1 heterocycles. The number of unbranched alkanes of at least 4 members (excludes halogenated alkanes) is 1. The van der Waals surface area contributed by atoms with Crippen LogP contribution in [0.25, 0.3) is 0 Å². The van der Waals surface area contributed by atoms with Crippen molar-refractivity contribution < 1.29 is 61.7 Å². The van der Waals surface area contributed by atoms with Gasteiger partial charge >= 0.3 is 24.1 Å². The van der Waals surface area contributed by atoms with E-state index in [0.717, 1.165) is 4.90 Å². The van der Waals surface area contributed by atoms with Crippen LogP contribution in [0.3, 0.4) is 0 Å². The maximum absolute atomic E-state index is 14.1. The Morgan fingerprint density at radius 2 is 1.55 bits per heavy atom. The van der Waals surface area contributed by atoms with Crippen LogP contribution in [0.4, 0.5) is 9.59 Å². The number of likely N-dealkylation sites (tertiary alicyclic amines) is 1. The number of carbonyl (C=O) groups is 7. The van der Waals surface area contributed by atoms with Crippen LogP contribution in [0.1, 0.15) is 85.6 Å². The highest BCUT2D eigenvalue weighted by Crippen LogP contribution is 2.26. The third kappa shape index (κ3) is 13.8. The van der Waals surface area contributed by atoms with Crippen LogP contribution in [0, 0.1) is 0 Å². The molecule has 1 fully saturated rings. The van der Waals surface area contributed by atoms with Gasteiger partial charge in [-0.25, -0.2) is 22.8 Å². The number of alkyl carbamates (subject to hydrolysis) is 1. The highest BCUT2D eigenvalue weighted by atomic mass is 32.2. The zero-order valence-electron chi connectivity index (χ0n) is 29.7. The number of ketones is 1. The lowest BCUT2D eigenvalue weighted by molar-refractivity contribution is -0.151. The van der Waals surface area contributed by atoms with Crippen molar-refractivity contribution in [1.82, 2.24) is 19.8 Å². The molecule has 4 N–H and O–H groups in total. The van der Waals surface area contributed by atoms with Crippen LogP contribution in [-0.2, 0) is 49.2 Å². The van der Waals surface area contributed by atoms with Crippen LogP contribution in [-0.4, -0.2) is 112 Å². The molecule has 0 aliphatic carbocycles. The number of rotatable bonds is 16. The van der Waals surface area contributed by atoms with Crippen LogP contribution in [0.15, 0.2) is 30.3 Å². The molecule has 51 heavy (non-hydrogen) atoms. The minimum Gasteiger partial charge on any atom is -0.481 e. The minimum atomic E-state index is -4.77. The lowest BCUT2D eigenvalue weighted by Gasteiger charge is -2.35. The van der Waals surface area contributed by atoms with Gasteiger partial charge in [0.2, 0.25) is 21.8 Å². The smallest absolute Gasteiger partial charge is 0.424 e. The van der Waals surface area contributed by atoms with E-state index in [2.05, 4.69) is 10.6 Å². The van der Waals surface area contributed by atoms with Gasteiger partial charge in [-0.3, -0.25) is 19.2 Å². The molecule has 0 unspecified atom stereocenters. The van der Waals surface area contributed by atoms with Gasteiger partial charge in [-0.05, 0) is 79.2 Å². The van der Waals surface area contributed by atoms with Gasteiger partial charge in [0.1, 0.15) is 23.3 Å². The maximum atomic E-state index is 14.1. The molecule has 1 aromatic carbocycles. The van der Waals surface area contributed by atoms with Crippen LogP contribution >= 0.6 is 0 Å². The Kier molecular flexibility index (Phi) is 14.9. The zero-order chi connectivity index (χ0) is 38.7. The van der Waals surface area contributed by atoms with Crippen molar-refractivity contribution in [2.45, 2.75) is 115 Å². The van der Waals surface area contributed by atoms with Gasteiger partial charge in [0.25, 0.3) is 5.78 Å².